The Balaban J connectivity index is 1.76. The molecular formula is C18H29N3O2. The van der Waals surface area contributed by atoms with E-state index in [0.29, 0.717) is 0 Å². The van der Waals surface area contributed by atoms with E-state index in [-0.39, 0.29) is 0 Å². The Kier molecular flexibility index (Phi) is 6.71. The molecule has 0 unspecified atom stereocenters. The second kappa shape index (κ2) is 8.77. The second-order valence-electron chi connectivity index (χ2n) is 6.14. The van der Waals surface area contributed by atoms with Crippen molar-refractivity contribution in [2.24, 2.45) is 10.9 Å². The molecule has 128 valence electrons. The van der Waals surface area contributed by atoms with E-state index in [1.807, 2.05) is 14.0 Å². The van der Waals surface area contributed by atoms with Gasteiger partial charge in [-0.05, 0) is 42.9 Å². The van der Waals surface area contributed by atoms with Crippen LogP contribution >= 0.6 is 0 Å². The number of nitrogens with one attached hydrogen (secondary N) is 1. The van der Waals surface area contributed by atoms with Crippen LogP contribution in [0.5, 0.6) is 5.75 Å². The van der Waals surface area contributed by atoms with Gasteiger partial charge in [-0.25, -0.2) is 0 Å². The summed E-state index contributed by atoms with van der Waals surface area (Å²) in [7, 11) is 5.54. The van der Waals surface area contributed by atoms with Crippen LogP contribution in [0.15, 0.2) is 23.2 Å². The molecule has 23 heavy (non-hydrogen) atoms. The third kappa shape index (κ3) is 5.75. The van der Waals surface area contributed by atoms with Gasteiger partial charge in [0.25, 0.3) is 0 Å². The van der Waals surface area contributed by atoms with Crippen molar-refractivity contribution in [3.05, 3.63) is 29.3 Å². The van der Waals surface area contributed by atoms with Crippen LogP contribution in [0.1, 0.15) is 24.0 Å². The SMILES string of the molecule is CN=C(NCc1ccc(C)c(OC)c1)N(C)CCOCC1CC1. The summed E-state index contributed by atoms with van der Waals surface area (Å²) in [5.74, 6) is 2.61. The second-order valence-corrected chi connectivity index (χ2v) is 6.14. The average molecular weight is 319 g/mol. The van der Waals surface area contributed by atoms with E-state index in [4.69, 9.17) is 9.47 Å². The van der Waals surface area contributed by atoms with Crippen LogP contribution in [-0.4, -0.2) is 51.8 Å². The Morgan fingerprint density at radius 1 is 1.39 bits per heavy atom. The number of aliphatic imine (C=N–C) groups is 1. The summed E-state index contributed by atoms with van der Waals surface area (Å²) >= 11 is 0. The van der Waals surface area contributed by atoms with E-state index in [2.05, 4.69) is 33.4 Å². The van der Waals surface area contributed by atoms with Gasteiger partial charge in [0.2, 0.25) is 0 Å². The monoisotopic (exact) mass is 319 g/mol. The van der Waals surface area contributed by atoms with Gasteiger partial charge in [0, 0.05) is 33.8 Å². The molecule has 0 amide bonds. The van der Waals surface area contributed by atoms with Crippen molar-refractivity contribution in [2.45, 2.75) is 26.3 Å². The number of hydrogen-bond donors (Lipinski definition) is 1. The predicted molar refractivity (Wildman–Crippen MR) is 94.1 cm³/mol. The number of benzene rings is 1. The maximum atomic E-state index is 5.69. The van der Waals surface area contributed by atoms with E-state index in [1.165, 1.54) is 18.4 Å². The number of aryl methyl sites for hydroxylation is 1. The van der Waals surface area contributed by atoms with Crippen LogP contribution in [0.2, 0.25) is 0 Å². The normalized spacial score (nSPS) is 14.7. The maximum Gasteiger partial charge on any atom is 0.193 e. The molecule has 2 rings (SSSR count). The van der Waals surface area contributed by atoms with Crippen molar-refractivity contribution < 1.29 is 9.47 Å². The maximum absolute atomic E-state index is 5.69. The molecule has 0 bridgehead atoms. The molecular weight excluding hydrogens is 290 g/mol. The summed E-state index contributed by atoms with van der Waals surface area (Å²) in [5.41, 5.74) is 2.32. The number of methoxy groups -OCH3 is 1. The van der Waals surface area contributed by atoms with Crippen LogP contribution < -0.4 is 10.1 Å². The molecule has 1 aliphatic carbocycles. The van der Waals surface area contributed by atoms with Gasteiger partial charge in [-0.1, -0.05) is 12.1 Å². The van der Waals surface area contributed by atoms with Crippen molar-refractivity contribution in [3.63, 3.8) is 0 Å². The lowest BCUT2D eigenvalue weighted by atomic mass is 10.1. The standard InChI is InChI=1S/C18H29N3O2/c1-14-5-6-16(11-17(14)22-4)12-20-18(19-2)21(3)9-10-23-13-15-7-8-15/h5-6,11,15H,7-10,12-13H2,1-4H3,(H,19,20). The highest BCUT2D eigenvalue weighted by atomic mass is 16.5. The van der Waals surface area contributed by atoms with E-state index < -0.39 is 0 Å². The number of nitrogens with zero attached hydrogens (tertiary/aromatic N) is 2. The Morgan fingerprint density at radius 3 is 2.83 bits per heavy atom. The minimum absolute atomic E-state index is 0.719. The molecule has 0 atom stereocenters. The zero-order chi connectivity index (χ0) is 16.7. The summed E-state index contributed by atoms with van der Waals surface area (Å²) in [5, 5.41) is 3.38. The fourth-order valence-electron chi connectivity index (χ4n) is 2.38. The third-order valence-corrected chi connectivity index (χ3v) is 4.12. The van der Waals surface area contributed by atoms with Gasteiger partial charge < -0.3 is 19.7 Å². The first kappa shape index (κ1) is 17.6. The minimum Gasteiger partial charge on any atom is -0.496 e. The lowest BCUT2D eigenvalue weighted by Gasteiger charge is -2.22. The molecule has 0 radical (unpaired) electrons. The summed E-state index contributed by atoms with van der Waals surface area (Å²) in [6.45, 7) is 5.25. The van der Waals surface area contributed by atoms with Crippen LogP contribution in [-0.2, 0) is 11.3 Å². The fraction of sp³-hybridized carbons (Fsp3) is 0.611. The molecule has 1 fully saturated rings. The van der Waals surface area contributed by atoms with Crippen molar-refractivity contribution in [3.8, 4) is 5.75 Å². The van der Waals surface area contributed by atoms with Gasteiger partial charge >= 0.3 is 0 Å². The van der Waals surface area contributed by atoms with Crippen LogP contribution in [0, 0.1) is 12.8 Å². The van der Waals surface area contributed by atoms with E-state index in [0.717, 1.165) is 49.5 Å². The Labute approximate surface area is 139 Å². The molecule has 0 aliphatic heterocycles. The summed E-state index contributed by atoms with van der Waals surface area (Å²) in [6, 6.07) is 6.25. The Morgan fingerprint density at radius 2 is 2.17 bits per heavy atom. The van der Waals surface area contributed by atoms with Gasteiger partial charge in [-0.2, -0.15) is 0 Å². The first-order chi connectivity index (χ1) is 11.1. The molecule has 1 N–H and O–H groups in total. The summed E-state index contributed by atoms with van der Waals surface area (Å²) in [4.78, 5) is 6.43. The predicted octanol–water partition coefficient (Wildman–Crippen LogP) is 2.44. The van der Waals surface area contributed by atoms with Gasteiger partial charge in [-0.3, -0.25) is 4.99 Å². The quantitative estimate of drug-likeness (QED) is 0.454. The lowest BCUT2D eigenvalue weighted by molar-refractivity contribution is 0.115. The first-order valence-electron chi connectivity index (χ1n) is 8.27. The molecule has 0 saturated heterocycles. The molecule has 1 aromatic rings. The van der Waals surface area contributed by atoms with Crippen molar-refractivity contribution in [1.29, 1.82) is 0 Å². The zero-order valence-corrected chi connectivity index (χ0v) is 14.8. The van der Waals surface area contributed by atoms with E-state index >= 15 is 0 Å². The van der Waals surface area contributed by atoms with Gasteiger partial charge in [-0.15, -0.1) is 0 Å². The molecule has 5 heteroatoms. The number of rotatable bonds is 8. The number of likely N-dealkylation sites (N-methyl/N-ethyl adjacent to an activating group) is 1. The number of guanidine groups is 1. The molecule has 0 aromatic heterocycles. The molecule has 1 saturated carbocycles. The smallest absolute Gasteiger partial charge is 0.193 e. The average Bonchev–Trinajstić information content (AvgIpc) is 3.38. The molecule has 1 aliphatic rings. The highest BCUT2D eigenvalue weighted by molar-refractivity contribution is 5.79. The van der Waals surface area contributed by atoms with Crippen LogP contribution in [0.3, 0.4) is 0 Å². The van der Waals surface area contributed by atoms with E-state index in [1.54, 1.807) is 14.2 Å². The topological polar surface area (TPSA) is 46.1 Å². The first-order valence-corrected chi connectivity index (χ1v) is 8.27. The third-order valence-electron chi connectivity index (χ3n) is 4.12. The fourth-order valence-corrected chi connectivity index (χ4v) is 2.38. The lowest BCUT2D eigenvalue weighted by Crippen LogP contribution is -2.40. The van der Waals surface area contributed by atoms with Crippen LogP contribution in [0.25, 0.3) is 0 Å². The molecule has 5 nitrogen and oxygen atoms in total. The minimum atomic E-state index is 0.719. The highest BCUT2D eigenvalue weighted by Gasteiger charge is 2.21. The van der Waals surface area contributed by atoms with Crippen LogP contribution in [0.4, 0.5) is 0 Å². The van der Waals surface area contributed by atoms with Gasteiger partial charge in [0.15, 0.2) is 5.96 Å². The molecule has 0 spiro atoms. The largest absolute Gasteiger partial charge is 0.496 e. The van der Waals surface area contributed by atoms with Gasteiger partial charge in [0.1, 0.15) is 5.75 Å². The Hall–Kier alpha value is -1.75. The highest BCUT2D eigenvalue weighted by Crippen LogP contribution is 2.28. The van der Waals surface area contributed by atoms with Crippen molar-refractivity contribution in [2.75, 3.05) is 41.0 Å². The Bertz CT molecular complexity index is 527. The van der Waals surface area contributed by atoms with Gasteiger partial charge in [0.05, 0.1) is 13.7 Å². The number of ether oxygens (including phenoxy) is 2. The summed E-state index contributed by atoms with van der Waals surface area (Å²) < 4.78 is 11.1. The molecule has 1 aromatic carbocycles. The number of hydrogen-bond acceptors (Lipinski definition) is 3. The van der Waals surface area contributed by atoms with E-state index in [9.17, 15) is 0 Å². The zero-order valence-electron chi connectivity index (χ0n) is 14.8. The van der Waals surface area contributed by atoms with Crippen molar-refractivity contribution >= 4 is 5.96 Å². The molecule has 0 heterocycles. The summed E-state index contributed by atoms with van der Waals surface area (Å²) in [6.07, 6.45) is 2.66. The van der Waals surface area contributed by atoms with Crippen molar-refractivity contribution in [1.82, 2.24) is 10.2 Å².